The van der Waals surface area contributed by atoms with E-state index in [1.807, 2.05) is 84.9 Å². The second-order valence-corrected chi connectivity index (χ2v) is 9.34. The third-order valence-electron chi connectivity index (χ3n) is 4.99. The van der Waals surface area contributed by atoms with Crippen LogP contribution in [0.2, 0.25) is 0 Å². The van der Waals surface area contributed by atoms with E-state index in [9.17, 15) is 9.59 Å². The minimum absolute atomic E-state index is 0.0310. The topological polar surface area (TPSA) is 49.4 Å². The Balaban J connectivity index is 2.33. The standard InChI is InChI=1S/C26H36N2O2/c1-8-23(25(30)27-26(5,6)7)28(17-21-11-9-18(2)10-12-21)24(29)16-22-14-19(3)13-20(4)15-22/h9-15,23H,8,16-17H2,1-7H3,(H,27,30)/t23-/m1/s1. The first kappa shape index (κ1) is 23.7. The van der Waals surface area contributed by atoms with Crippen LogP contribution in [0.15, 0.2) is 42.5 Å². The Kier molecular flexibility index (Phi) is 7.83. The van der Waals surface area contributed by atoms with E-state index in [1.165, 1.54) is 5.56 Å². The summed E-state index contributed by atoms with van der Waals surface area (Å²) in [6, 6.07) is 13.8. The first-order valence-electron chi connectivity index (χ1n) is 10.7. The van der Waals surface area contributed by atoms with E-state index >= 15 is 0 Å². The van der Waals surface area contributed by atoms with Crippen LogP contribution in [-0.4, -0.2) is 28.3 Å². The van der Waals surface area contributed by atoms with Gasteiger partial charge in [0.25, 0.3) is 0 Å². The summed E-state index contributed by atoms with van der Waals surface area (Å²) in [5, 5.41) is 3.05. The Morgan fingerprint density at radius 1 is 0.900 bits per heavy atom. The number of aryl methyl sites for hydroxylation is 3. The van der Waals surface area contributed by atoms with Crippen LogP contribution in [0.1, 0.15) is 61.9 Å². The zero-order chi connectivity index (χ0) is 22.5. The fraction of sp³-hybridized carbons (Fsp3) is 0.462. The molecule has 2 aromatic rings. The van der Waals surface area contributed by atoms with Crippen LogP contribution in [0.5, 0.6) is 0 Å². The number of rotatable bonds is 7. The molecule has 0 heterocycles. The number of amides is 2. The van der Waals surface area contributed by atoms with Gasteiger partial charge in [-0.05, 0) is 59.1 Å². The summed E-state index contributed by atoms with van der Waals surface area (Å²) >= 11 is 0. The fourth-order valence-corrected chi connectivity index (χ4v) is 3.71. The van der Waals surface area contributed by atoms with Crippen molar-refractivity contribution in [2.75, 3.05) is 0 Å². The lowest BCUT2D eigenvalue weighted by Gasteiger charge is -2.33. The molecule has 0 unspecified atom stereocenters. The molecule has 0 spiro atoms. The van der Waals surface area contributed by atoms with Gasteiger partial charge in [0.2, 0.25) is 11.8 Å². The quantitative estimate of drug-likeness (QED) is 0.710. The number of benzene rings is 2. The average Bonchev–Trinajstić information content (AvgIpc) is 2.60. The molecule has 4 nitrogen and oxygen atoms in total. The predicted molar refractivity (Wildman–Crippen MR) is 123 cm³/mol. The summed E-state index contributed by atoms with van der Waals surface area (Å²) < 4.78 is 0. The Morgan fingerprint density at radius 2 is 1.47 bits per heavy atom. The molecule has 30 heavy (non-hydrogen) atoms. The van der Waals surface area contributed by atoms with E-state index in [1.54, 1.807) is 4.90 Å². The highest BCUT2D eigenvalue weighted by Gasteiger charge is 2.30. The highest BCUT2D eigenvalue weighted by molar-refractivity contribution is 5.88. The van der Waals surface area contributed by atoms with Gasteiger partial charge < -0.3 is 10.2 Å². The van der Waals surface area contributed by atoms with Gasteiger partial charge in [-0.2, -0.15) is 0 Å². The summed E-state index contributed by atoms with van der Waals surface area (Å²) in [5.74, 6) is -0.137. The molecule has 0 aliphatic heterocycles. The zero-order valence-corrected chi connectivity index (χ0v) is 19.5. The van der Waals surface area contributed by atoms with Crippen LogP contribution in [0, 0.1) is 20.8 Å². The van der Waals surface area contributed by atoms with E-state index in [0.29, 0.717) is 13.0 Å². The second-order valence-electron chi connectivity index (χ2n) is 9.34. The fourth-order valence-electron chi connectivity index (χ4n) is 3.71. The van der Waals surface area contributed by atoms with Crippen molar-refractivity contribution >= 4 is 11.8 Å². The third-order valence-corrected chi connectivity index (χ3v) is 4.99. The number of nitrogens with one attached hydrogen (secondary N) is 1. The number of hydrogen-bond donors (Lipinski definition) is 1. The number of hydrogen-bond acceptors (Lipinski definition) is 2. The lowest BCUT2D eigenvalue weighted by molar-refractivity contribution is -0.141. The van der Waals surface area contributed by atoms with Gasteiger partial charge in [-0.25, -0.2) is 0 Å². The van der Waals surface area contributed by atoms with Gasteiger partial charge in [0.05, 0.1) is 6.42 Å². The number of carbonyl (C=O) groups is 2. The van der Waals surface area contributed by atoms with E-state index in [4.69, 9.17) is 0 Å². The van der Waals surface area contributed by atoms with Crippen LogP contribution < -0.4 is 5.32 Å². The molecule has 2 amide bonds. The highest BCUT2D eigenvalue weighted by atomic mass is 16.2. The Morgan fingerprint density at radius 3 is 1.97 bits per heavy atom. The molecule has 0 aliphatic rings. The Hall–Kier alpha value is -2.62. The van der Waals surface area contributed by atoms with Gasteiger partial charge in [0.15, 0.2) is 0 Å². The summed E-state index contributed by atoms with van der Waals surface area (Å²) in [4.78, 5) is 28.2. The molecule has 1 N–H and O–H groups in total. The van der Waals surface area contributed by atoms with Gasteiger partial charge >= 0.3 is 0 Å². The maximum atomic E-state index is 13.4. The lowest BCUT2D eigenvalue weighted by Crippen LogP contribution is -2.53. The normalized spacial score (nSPS) is 12.4. The van der Waals surface area contributed by atoms with Crippen molar-refractivity contribution in [3.8, 4) is 0 Å². The largest absolute Gasteiger partial charge is 0.350 e. The predicted octanol–water partition coefficient (Wildman–Crippen LogP) is 4.88. The van der Waals surface area contributed by atoms with Crippen molar-refractivity contribution < 1.29 is 9.59 Å². The minimum Gasteiger partial charge on any atom is -0.350 e. The maximum absolute atomic E-state index is 13.4. The molecular weight excluding hydrogens is 372 g/mol. The third kappa shape index (κ3) is 7.01. The zero-order valence-electron chi connectivity index (χ0n) is 19.5. The molecule has 4 heteroatoms. The molecule has 162 valence electrons. The van der Waals surface area contributed by atoms with Gasteiger partial charge in [0, 0.05) is 12.1 Å². The molecule has 0 fully saturated rings. The molecule has 0 saturated heterocycles. The molecule has 2 aromatic carbocycles. The van der Waals surface area contributed by atoms with Crippen LogP contribution >= 0.6 is 0 Å². The van der Waals surface area contributed by atoms with Gasteiger partial charge in [0.1, 0.15) is 6.04 Å². The molecule has 0 aliphatic carbocycles. The summed E-state index contributed by atoms with van der Waals surface area (Å²) in [6.45, 7) is 14.4. The molecule has 0 aromatic heterocycles. The lowest BCUT2D eigenvalue weighted by atomic mass is 10.0. The van der Waals surface area contributed by atoms with Crippen LogP contribution in [-0.2, 0) is 22.6 Å². The molecular formula is C26H36N2O2. The molecule has 0 radical (unpaired) electrons. The van der Waals surface area contributed by atoms with E-state index in [2.05, 4.69) is 11.4 Å². The summed E-state index contributed by atoms with van der Waals surface area (Å²) in [7, 11) is 0. The first-order chi connectivity index (χ1) is 14.0. The Labute approximate surface area is 181 Å². The van der Waals surface area contributed by atoms with E-state index in [-0.39, 0.29) is 23.8 Å². The van der Waals surface area contributed by atoms with Gasteiger partial charge in [-0.15, -0.1) is 0 Å². The number of nitrogens with zero attached hydrogens (tertiary/aromatic N) is 1. The maximum Gasteiger partial charge on any atom is 0.243 e. The van der Waals surface area contributed by atoms with Crippen molar-refractivity contribution in [2.24, 2.45) is 0 Å². The van der Waals surface area contributed by atoms with E-state index in [0.717, 1.165) is 22.3 Å². The van der Waals surface area contributed by atoms with E-state index < -0.39 is 6.04 Å². The average molecular weight is 409 g/mol. The van der Waals surface area contributed by atoms with Gasteiger partial charge in [-0.1, -0.05) is 66.1 Å². The molecule has 1 atom stereocenters. The summed E-state index contributed by atoms with van der Waals surface area (Å²) in [5.41, 5.74) is 5.11. The molecule has 0 bridgehead atoms. The smallest absolute Gasteiger partial charge is 0.243 e. The van der Waals surface area contributed by atoms with Crippen molar-refractivity contribution in [1.29, 1.82) is 0 Å². The van der Waals surface area contributed by atoms with Crippen LogP contribution in [0.25, 0.3) is 0 Å². The van der Waals surface area contributed by atoms with Crippen molar-refractivity contribution in [1.82, 2.24) is 10.2 Å². The van der Waals surface area contributed by atoms with Gasteiger partial charge in [-0.3, -0.25) is 9.59 Å². The molecule has 0 saturated carbocycles. The SMILES string of the molecule is CC[C@H](C(=O)NC(C)(C)C)N(Cc1ccc(C)cc1)C(=O)Cc1cc(C)cc(C)c1. The first-order valence-corrected chi connectivity index (χ1v) is 10.7. The Bertz CT molecular complexity index is 859. The summed E-state index contributed by atoms with van der Waals surface area (Å²) in [6.07, 6.45) is 0.847. The highest BCUT2D eigenvalue weighted by Crippen LogP contribution is 2.17. The second kappa shape index (κ2) is 9.92. The van der Waals surface area contributed by atoms with Crippen molar-refractivity contribution in [3.63, 3.8) is 0 Å². The van der Waals surface area contributed by atoms with Crippen molar-refractivity contribution in [2.45, 2.75) is 79.4 Å². The monoisotopic (exact) mass is 408 g/mol. The van der Waals surface area contributed by atoms with Crippen LogP contribution in [0.4, 0.5) is 0 Å². The van der Waals surface area contributed by atoms with Crippen molar-refractivity contribution in [3.05, 3.63) is 70.3 Å². The van der Waals surface area contributed by atoms with Crippen LogP contribution in [0.3, 0.4) is 0 Å². The number of carbonyl (C=O) groups excluding carboxylic acids is 2. The minimum atomic E-state index is -0.510. The molecule has 2 rings (SSSR count).